The number of rotatable bonds is 8. The maximum absolute atomic E-state index is 11.4. The lowest BCUT2D eigenvalue weighted by molar-refractivity contribution is -0.143. The molecule has 0 aromatic rings. The fourth-order valence-corrected chi connectivity index (χ4v) is 1.58. The lowest BCUT2D eigenvalue weighted by Gasteiger charge is -2.20. The molecule has 5 nitrogen and oxygen atoms in total. The van der Waals surface area contributed by atoms with Gasteiger partial charge in [0.05, 0.1) is 19.3 Å². The van der Waals surface area contributed by atoms with Crippen molar-refractivity contribution in [2.75, 3.05) is 13.7 Å². The van der Waals surface area contributed by atoms with Gasteiger partial charge in [0.25, 0.3) is 0 Å². The Morgan fingerprint density at radius 2 is 2.19 bits per heavy atom. The Kier molecular flexibility index (Phi) is 8.85. The van der Waals surface area contributed by atoms with Gasteiger partial charge in [-0.2, -0.15) is 0 Å². The summed E-state index contributed by atoms with van der Waals surface area (Å²) in [6.07, 6.45) is 0.469. The zero-order valence-electron chi connectivity index (χ0n) is 10.2. The largest absolute Gasteiger partial charge is 0.468 e. The molecule has 0 aliphatic rings. The highest BCUT2D eigenvalue weighted by Gasteiger charge is 2.23. The van der Waals surface area contributed by atoms with Gasteiger partial charge in [-0.3, -0.25) is 4.79 Å². The standard InChI is InChI=1S/C9H22BN2O3P/c1-10(2)12-8(9(14)15-3)6-7(13)4-5-11-16/h7-8,11-13H,4-6,16H2,1-3H3. The number of nitrogens with one attached hydrogen (secondary N) is 2. The quantitative estimate of drug-likeness (QED) is 0.317. The number of aliphatic hydroxyl groups excluding tert-OH is 1. The highest BCUT2D eigenvalue weighted by atomic mass is 31.0. The van der Waals surface area contributed by atoms with Crippen molar-refractivity contribution in [3.05, 3.63) is 0 Å². The van der Waals surface area contributed by atoms with Gasteiger partial charge >= 0.3 is 5.97 Å². The number of hydrogen-bond donors (Lipinski definition) is 3. The molecular formula is C9H22BN2O3P. The van der Waals surface area contributed by atoms with Crippen LogP contribution in [0.5, 0.6) is 0 Å². The van der Waals surface area contributed by atoms with Crippen LogP contribution in [-0.4, -0.2) is 43.7 Å². The smallest absolute Gasteiger partial charge is 0.321 e. The zero-order valence-corrected chi connectivity index (χ0v) is 11.3. The van der Waals surface area contributed by atoms with E-state index in [4.69, 9.17) is 0 Å². The molecule has 0 bridgehead atoms. The van der Waals surface area contributed by atoms with Crippen LogP contribution in [0.25, 0.3) is 0 Å². The third-order valence-corrected chi connectivity index (χ3v) is 2.44. The average Bonchev–Trinajstić information content (AvgIpc) is 2.23. The molecule has 3 unspecified atom stereocenters. The predicted octanol–water partition coefficient (Wildman–Crippen LogP) is -0.111. The molecule has 0 spiro atoms. The van der Waals surface area contributed by atoms with Gasteiger partial charge in [0.2, 0.25) is 6.85 Å². The maximum Gasteiger partial charge on any atom is 0.321 e. The summed E-state index contributed by atoms with van der Waals surface area (Å²) in [5, 5.41) is 15.7. The Hall–Kier alpha value is -0.155. The summed E-state index contributed by atoms with van der Waals surface area (Å²) in [6, 6.07) is -0.440. The van der Waals surface area contributed by atoms with Gasteiger partial charge in [-0.15, -0.1) is 0 Å². The summed E-state index contributed by atoms with van der Waals surface area (Å²) >= 11 is 0. The summed E-state index contributed by atoms with van der Waals surface area (Å²) in [7, 11) is 3.73. The van der Waals surface area contributed by atoms with Crippen LogP contribution in [0, 0.1) is 0 Å². The molecule has 7 heteroatoms. The van der Waals surface area contributed by atoms with E-state index in [1.54, 1.807) is 0 Å². The molecule has 0 fully saturated rings. The van der Waals surface area contributed by atoms with Crippen LogP contribution in [0.2, 0.25) is 13.6 Å². The van der Waals surface area contributed by atoms with Crippen LogP contribution in [0.15, 0.2) is 0 Å². The minimum absolute atomic E-state index is 0.177. The second kappa shape index (κ2) is 8.94. The van der Waals surface area contributed by atoms with E-state index < -0.39 is 12.1 Å². The van der Waals surface area contributed by atoms with E-state index in [2.05, 4.69) is 24.4 Å². The first-order valence-electron chi connectivity index (χ1n) is 5.46. The van der Waals surface area contributed by atoms with Crippen molar-refractivity contribution in [2.45, 2.75) is 38.6 Å². The summed E-state index contributed by atoms with van der Waals surface area (Å²) in [5.74, 6) is -0.327. The summed E-state index contributed by atoms with van der Waals surface area (Å²) < 4.78 is 4.69. The minimum atomic E-state index is -0.511. The maximum atomic E-state index is 11.4. The van der Waals surface area contributed by atoms with E-state index in [9.17, 15) is 9.90 Å². The second-order valence-corrected chi connectivity index (χ2v) is 4.44. The fourth-order valence-electron chi connectivity index (χ4n) is 1.42. The van der Waals surface area contributed by atoms with Crippen LogP contribution in [0.3, 0.4) is 0 Å². The van der Waals surface area contributed by atoms with Crippen LogP contribution in [0.4, 0.5) is 0 Å². The number of ether oxygens (including phenoxy) is 1. The fraction of sp³-hybridized carbons (Fsp3) is 0.889. The average molecular weight is 248 g/mol. The molecule has 0 amide bonds. The first-order chi connectivity index (χ1) is 7.51. The van der Waals surface area contributed by atoms with Gasteiger partial charge in [-0.05, 0) is 12.8 Å². The monoisotopic (exact) mass is 248 g/mol. The Labute approximate surface area is 100 Å². The van der Waals surface area contributed by atoms with Crippen LogP contribution < -0.4 is 10.3 Å². The zero-order chi connectivity index (χ0) is 12.6. The van der Waals surface area contributed by atoms with Crippen molar-refractivity contribution in [1.29, 1.82) is 0 Å². The minimum Gasteiger partial charge on any atom is -0.468 e. The second-order valence-electron chi connectivity index (χ2n) is 4.03. The topological polar surface area (TPSA) is 70.6 Å². The molecule has 3 N–H and O–H groups in total. The normalized spacial score (nSPS) is 14.3. The van der Waals surface area contributed by atoms with Crippen LogP contribution in [0.1, 0.15) is 12.8 Å². The number of esters is 1. The van der Waals surface area contributed by atoms with Gasteiger partial charge < -0.3 is 20.2 Å². The van der Waals surface area contributed by atoms with Crippen LogP contribution in [-0.2, 0) is 9.53 Å². The van der Waals surface area contributed by atoms with E-state index in [1.165, 1.54) is 7.11 Å². The number of methoxy groups -OCH3 is 1. The van der Waals surface area contributed by atoms with E-state index in [1.807, 2.05) is 13.6 Å². The van der Waals surface area contributed by atoms with Gasteiger partial charge in [-0.25, -0.2) is 0 Å². The van der Waals surface area contributed by atoms with Crippen molar-refractivity contribution in [3.8, 4) is 0 Å². The molecule has 0 saturated heterocycles. The molecule has 0 aromatic heterocycles. The van der Waals surface area contributed by atoms with Crippen molar-refractivity contribution in [2.24, 2.45) is 0 Å². The lowest BCUT2D eigenvalue weighted by Crippen LogP contribution is -2.45. The molecule has 0 heterocycles. The molecular weight excluding hydrogens is 226 g/mol. The lowest BCUT2D eigenvalue weighted by atomic mass is 9.68. The van der Waals surface area contributed by atoms with Crippen molar-refractivity contribution >= 4 is 22.2 Å². The number of carbonyl (C=O) groups is 1. The third kappa shape index (κ3) is 7.17. The van der Waals surface area contributed by atoms with Crippen molar-refractivity contribution in [3.63, 3.8) is 0 Å². The SMILES string of the molecule is COC(=O)C(CC(O)CCNP)NB(C)C. The number of hydrogen-bond acceptors (Lipinski definition) is 5. The van der Waals surface area contributed by atoms with Crippen LogP contribution >= 0.6 is 9.39 Å². The first kappa shape index (κ1) is 15.8. The summed E-state index contributed by atoms with van der Waals surface area (Å²) in [5.41, 5.74) is 0. The predicted molar refractivity (Wildman–Crippen MR) is 69.4 cm³/mol. The summed E-state index contributed by atoms with van der Waals surface area (Å²) in [6.45, 7) is 4.77. The van der Waals surface area contributed by atoms with Gasteiger partial charge in [-0.1, -0.05) is 23.0 Å². The molecule has 16 heavy (non-hydrogen) atoms. The molecule has 0 aliphatic carbocycles. The molecule has 0 aromatic carbocycles. The molecule has 0 radical (unpaired) electrons. The van der Waals surface area contributed by atoms with Crippen molar-refractivity contribution in [1.82, 2.24) is 10.3 Å². The molecule has 0 rings (SSSR count). The van der Waals surface area contributed by atoms with Gasteiger partial charge in [0.15, 0.2) is 0 Å². The summed E-state index contributed by atoms with van der Waals surface area (Å²) in [4.78, 5) is 11.4. The Morgan fingerprint density at radius 3 is 2.62 bits per heavy atom. The first-order valence-corrected chi connectivity index (χ1v) is 6.04. The van der Waals surface area contributed by atoms with Gasteiger partial charge in [0.1, 0.15) is 0 Å². The third-order valence-electron chi connectivity index (χ3n) is 2.15. The van der Waals surface area contributed by atoms with E-state index in [0.29, 0.717) is 19.4 Å². The molecule has 3 atom stereocenters. The van der Waals surface area contributed by atoms with E-state index >= 15 is 0 Å². The Bertz CT molecular complexity index is 207. The van der Waals surface area contributed by atoms with E-state index in [0.717, 1.165) is 0 Å². The molecule has 0 aliphatic heterocycles. The molecule has 0 saturated carbocycles. The van der Waals surface area contributed by atoms with Gasteiger partial charge in [0, 0.05) is 6.54 Å². The number of carbonyl (C=O) groups excluding carboxylic acids is 1. The van der Waals surface area contributed by atoms with Crippen molar-refractivity contribution < 1.29 is 14.6 Å². The molecule has 94 valence electrons. The van der Waals surface area contributed by atoms with E-state index in [-0.39, 0.29) is 12.8 Å². The highest BCUT2D eigenvalue weighted by molar-refractivity contribution is 7.13. The number of aliphatic hydroxyl groups is 1. The Morgan fingerprint density at radius 1 is 1.56 bits per heavy atom. The highest BCUT2D eigenvalue weighted by Crippen LogP contribution is 2.05. The Balaban J connectivity index is 4.14.